The van der Waals surface area contributed by atoms with Crippen molar-refractivity contribution in [2.24, 2.45) is 5.92 Å². The molecule has 0 saturated heterocycles. The molecule has 0 aliphatic rings. The van der Waals surface area contributed by atoms with Crippen molar-refractivity contribution in [2.75, 3.05) is 45.9 Å². The summed E-state index contributed by atoms with van der Waals surface area (Å²) in [5.41, 5.74) is 0. The number of amides is 1. The second-order valence-corrected chi connectivity index (χ2v) is 4.16. The quantitative estimate of drug-likeness (QED) is 0.448. The fourth-order valence-corrected chi connectivity index (χ4v) is 1.18. The zero-order chi connectivity index (χ0) is 12.9. The minimum atomic E-state index is 0.0442. The van der Waals surface area contributed by atoms with E-state index in [9.17, 15) is 4.79 Å². The highest BCUT2D eigenvalue weighted by atomic mass is 16.5. The third-order valence-corrected chi connectivity index (χ3v) is 2.22. The Hall–Kier alpha value is -0.650. The third kappa shape index (κ3) is 11.6. The summed E-state index contributed by atoms with van der Waals surface area (Å²) in [6.45, 7) is 11.5. The van der Waals surface area contributed by atoms with E-state index in [0.29, 0.717) is 19.8 Å². The Morgan fingerprint density at radius 1 is 1.06 bits per heavy atom. The molecular weight excluding hydrogens is 218 g/mol. The molecule has 0 unspecified atom stereocenters. The maximum absolute atomic E-state index is 11.2. The largest absolute Gasteiger partial charge is 0.378 e. The lowest BCUT2D eigenvalue weighted by molar-refractivity contribution is -0.124. The maximum Gasteiger partial charge on any atom is 0.222 e. The Morgan fingerprint density at radius 3 is 2.35 bits per heavy atom. The van der Waals surface area contributed by atoms with Crippen LogP contribution in [0, 0.1) is 5.92 Å². The SMILES string of the molecule is CCNCCNCCOCCNC(=O)C(C)C. The Labute approximate surface area is 105 Å². The predicted molar refractivity (Wildman–Crippen MR) is 70.1 cm³/mol. The summed E-state index contributed by atoms with van der Waals surface area (Å²) < 4.78 is 5.37. The molecule has 0 aromatic carbocycles. The molecular formula is C12H27N3O2. The topological polar surface area (TPSA) is 62.4 Å². The van der Waals surface area contributed by atoms with Crippen LogP contribution in [0.1, 0.15) is 20.8 Å². The first-order chi connectivity index (χ1) is 8.18. The van der Waals surface area contributed by atoms with Gasteiger partial charge in [0, 0.05) is 32.1 Å². The fraction of sp³-hybridized carbons (Fsp3) is 0.917. The van der Waals surface area contributed by atoms with Gasteiger partial charge in [-0.15, -0.1) is 0 Å². The van der Waals surface area contributed by atoms with Crippen LogP contribution in [0.4, 0.5) is 0 Å². The van der Waals surface area contributed by atoms with Crippen molar-refractivity contribution in [1.82, 2.24) is 16.0 Å². The third-order valence-electron chi connectivity index (χ3n) is 2.22. The van der Waals surface area contributed by atoms with E-state index >= 15 is 0 Å². The summed E-state index contributed by atoms with van der Waals surface area (Å²) in [6, 6.07) is 0. The van der Waals surface area contributed by atoms with Crippen LogP contribution in [0.5, 0.6) is 0 Å². The van der Waals surface area contributed by atoms with Crippen molar-refractivity contribution < 1.29 is 9.53 Å². The summed E-state index contributed by atoms with van der Waals surface area (Å²) in [5.74, 6) is 0.125. The molecule has 0 aromatic rings. The molecule has 0 atom stereocenters. The van der Waals surface area contributed by atoms with Gasteiger partial charge in [-0.05, 0) is 6.54 Å². The van der Waals surface area contributed by atoms with E-state index in [2.05, 4.69) is 22.9 Å². The molecule has 0 heterocycles. The molecule has 0 fully saturated rings. The van der Waals surface area contributed by atoms with Gasteiger partial charge in [0.2, 0.25) is 5.91 Å². The molecule has 0 aliphatic carbocycles. The standard InChI is InChI=1S/C12H27N3O2/c1-4-13-5-6-14-7-9-17-10-8-15-12(16)11(2)3/h11,13-14H,4-10H2,1-3H3,(H,15,16). The molecule has 5 nitrogen and oxygen atoms in total. The predicted octanol–water partition coefficient (Wildman–Crippen LogP) is -0.0257. The number of carbonyl (C=O) groups is 1. The van der Waals surface area contributed by atoms with Crippen molar-refractivity contribution in [3.8, 4) is 0 Å². The lowest BCUT2D eigenvalue weighted by Crippen LogP contribution is -2.32. The second kappa shape index (κ2) is 11.8. The normalized spacial score (nSPS) is 10.8. The Kier molecular flexibility index (Phi) is 11.4. The van der Waals surface area contributed by atoms with Gasteiger partial charge in [0.05, 0.1) is 13.2 Å². The van der Waals surface area contributed by atoms with Crippen molar-refractivity contribution in [3.63, 3.8) is 0 Å². The molecule has 0 aliphatic heterocycles. The van der Waals surface area contributed by atoms with E-state index in [1.807, 2.05) is 13.8 Å². The number of nitrogens with one attached hydrogen (secondary N) is 3. The lowest BCUT2D eigenvalue weighted by Gasteiger charge is -2.09. The van der Waals surface area contributed by atoms with Gasteiger partial charge < -0.3 is 20.7 Å². The zero-order valence-electron chi connectivity index (χ0n) is 11.3. The monoisotopic (exact) mass is 245 g/mol. The number of hydrogen-bond acceptors (Lipinski definition) is 4. The van der Waals surface area contributed by atoms with Crippen LogP contribution < -0.4 is 16.0 Å². The molecule has 17 heavy (non-hydrogen) atoms. The first-order valence-corrected chi connectivity index (χ1v) is 6.45. The van der Waals surface area contributed by atoms with Crippen molar-refractivity contribution in [3.05, 3.63) is 0 Å². The summed E-state index contributed by atoms with van der Waals surface area (Å²) in [5, 5.41) is 9.30. The van der Waals surface area contributed by atoms with Gasteiger partial charge in [-0.1, -0.05) is 20.8 Å². The number of hydrogen-bond donors (Lipinski definition) is 3. The van der Waals surface area contributed by atoms with Crippen LogP contribution in [0.15, 0.2) is 0 Å². The van der Waals surface area contributed by atoms with Gasteiger partial charge in [0.25, 0.3) is 0 Å². The molecule has 0 spiro atoms. The molecule has 5 heteroatoms. The Balaban J connectivity index is 3.06. The van der Waals surface area contributed by atoms with Gasteiger partial charge in [-0.2, -0.15) is 0 Å². The highest BCUT2D eigenvalue weighted by Gasteiger charge is 2.04. The van der Waals surface area contributed by atoms with E-state index in [1.165, 1.54) is 0 Å². The van der Waals surface area contributed by atoms with E-state index in [1.54, 1.807) is 0 Å². The van der Waals surface area contributed by atoms with E-state index < -0.39 is 0 Å². The van der Waals surface area contributed by atoms with Gasteiger partial charge in [-0.25, -0.2) is 0 Å². The van der Waals surface area contributed by atoms with Crippen LogP contribution in [0.2, 0.25) is 0 Å². The van der Waals surface area contributed by atoms with Crippen LogP contribution in [0.3, 0.4) is 0 Å². The Morgan fingerprint density at radius 2 is 1.71 bits per heavy atom. The highest BCUT2D eigenvalue weighted by molar-refractivity contribution is 5.77. The summed E-state index contributed by atoms with van der Waals surface area (Å²) in [4.78, 5) is 11.2. The van der Waals surface area contributed by atoms with Crippen LogP contribution in [0.25, 0.3) is 0 Å². The number of rotatable bonds is 11. The van der Waals surface area contributed by atoms with Crippen molar-refractivity contribution in [2.45, 2.75) is 20.8 Å². The van der Waals surface area contributed by atoms with Gasteiger partial charge in [0.15, 0.2) is 0 Å². The first-order valence-electron chi connectivity index (χ1n) is 6.45. The zero-order valence-corrected chi connectivity index (χ0v) is 11.3. The number of carbonyl (C=O) groups excluding carboxylic acids is 1. The smallest absolute Gasteiger partial charge is 0.222 e. The molecule has 1 amide bonds. The van der Waals surface area contributed by atoms with E-state index in [4.69, 9.17) is 4.74 Å². The van der Waals surface area contributed by atoms with Crippen LogP contribution >= 0.6 is 0 Å². The summed E-state index contributed by atoms with van der Waals surface area (Å²) in [6.07, 6.45) is 0. The average Bonchev–Trinajstić information content (AvgIpc) is 2.31. The van der Waals surface area contributed by atoms with E-state index in [-0.39, 0.29) is 11.8 Å². The molecule has 3 N–H and O–H groups in total. The number of ether oxygens (including phenoxy) is 1. The highest BCUT2D eigenvalue weighted by Crippen LogP contribution is 1.89. The van der Waals surface area contributed by atoms with Gasteiger partial charge in [0.1, 0.15) is 0 Å². The lowest BCUT2D eigenvalue weighted by atomic mass is 10.2. The molecule has 0 saturated carbocycles. The minimum absolute atomic E-state index is 0.0442. The molecule has 0 radical (unpaired) electrons. The average molecular weight is 245 g/mol. The minimum Gasteiger partial charge on any atom is -0.378 e. The van der Waals surface area contributed by atoms with Gasteiger partial charge in [-0.3, -0.25) is 4.79 Å². The Bertz CT molecular complexity index is 187. The van der Waals surface area contributed by atoms with Crippen molar-refractivity contribution >= 4 is 5.91 Å². The molecule has 102 valence electrons. The molecule has 0 aromatic heterocycles. The fourth-order valence-electron chi connectivity index (χ4n) is 1.18. The summed E-state index contributed by atoms with van der Waals surface area (Å²) >= 11 is 0. The first kappa shape index (κ1) is 16.4. The molecule has 0 rings (SSSR count). The molecule has 0 bridgehead atoms. The van der Waals surface area contributed by atoms with Crippen LogP contribution in [-0.4, -0.2) is 51.8 Å². The number of likely N-dealkylation sites (N-methyl/N-ethyl adjacent to an activating group) is 1. The van der Waals surface area contributed by atoms with Crippen LogP contribution in [-0.2, 0) is 9.53 Å². The summed E-state index contributed by atoms with van der Waals surface area (Å²) in [7, 11) is 0. The van der Waals surface area contributed by atoms with Crippen molar-refractivity contribution in [1.29, 1.82) is 0 Å². The maximum atomic E-state index is 11.2. The van der Waals surface area contributed by atoms with E-state index in [0.717, 1.165) is 26.2 Å². The second-order valence-electron chi connectivity index (χ2n) is 4.16. The van der Waals surface area contributed by atoms with Gasteiger partial charge >= 0.3 is 0 Å².